The van der Waals surface area contributed by atoms with Crippen LogP contribution in [0.4, 0.5) is 11.4 Å². The van der Waals surface area contributed by atoms with Crippen LogP contribution in [0, 0.1) is 10.1 Å². The Morgan fingerprint density at radius 1 is 1.35 bits per heavy atom. The van der Waals surface area contributed by atoms with Gasteiger partial charge in [-0.05, 0) is 12.1 Å². The molecule has 3 N–H and O–H groups in total. The Hall–Kier alpha value is -2.21. The molecule has 88 valence electrons. The lowest BCUT2D eigenvalue weighted by Crippen LogP contribution is -2.13. The zero-order valence-electron chi connectivity index (χ0n) is 9.09. The molecule has 0 bridgehead atoms. The van der Waals surface area contributed by atoms with Crippen LogP contribution in [0.3, 0.4) is 0 Å². The maximum Gasteiger partial charge on any atom is 0.277 e. The quantitative estimate of drug-likeness (QED) is 0.615. The molecule has 2 aromatic rings. The van der Waals surface area contributed by atoms with Gasteiger partial charge in [0.1, 0.15) is 0 Å². The van der Waals surface area contributed by atoms with Crippen molar-refractivity contribution in [3.8, 4) is 0 Å². The van der Waals surface area contributed by atoms with Crippen LogP contribution in [0.5, 0.6) is 0 Å². The van der Waals surface area contributed by atoms with Gasteiger partial charge in [-0.2, -0.15) is 0 Å². The van der Waals surface area contributed by atoms with Crippen LogP contribution in [-0.2, 0) is 0 Å². The molecule has 1 aromatic carbocycles. The summed E-state index contributed by atoms with van der Waals surface area (Å²) in [5, 5.41) is 15.3. The highest BCUT2D eigenvalue weighted by molar-refractivity contribution is 5.99. The summed E-state index contributed by atoms with van der Waals surface area (Å²) >= 11 is 0. The van der Waals surface area contributed by atoms with Crippen molar-refractivity contribution in [1.82, 2.24) is 4.98 Å². The molecule has 0 aliphatic heterocycles. The van der Waals surface area contributed by atoms with Crippen LogP contribution in [0.1, 0.15) is 0 Å². The van der Waals surface area contributed by atoms with Gasteiger partial charge in [0.25, 0.3) is 5.69 Å². The third-order valence-corrected chi connectivity index (χ3v) is 2.45. The maximum absolute atomic E-state index is 10.9. The van der Waals surface area contributed by atoms with E-state index >= 15 is 0 Å². The lowest BCUT2D eigenvalue weighted by molar-refractivity contribution is -0.383. The molecule has 0 saturated heterocycles. The predicted octanol–water partition coefficient (Wildman–Crippen LogP) is 1.51. The number of nitrogens with zero attached hydrogens (tertiary/aromatic N) is 2. The van der Waals surface area contributed by atoms with Gasteiger partial charge in [0.2, 0.25) is 0 Å². The first kappa shape index (κ1) is 11.3. The van der Waals surface area contributed by atoms with Crippen molar-refractivity contribution in [2.24, 2.45) is 5.73 Å². The first-order valence-corrected chi connectivity index (χ1v) is 5.19. The van der Waals surface area contributed by atoms with Gasteiger partial charge in [0, 0.05) is 42.6 Å². The summed E-state index contributed by atoms with van der Waals surface area (Å²) in [5.41, 5.74) is 6.31. The number of nitrogens with two attached hydrogens (primary N) is 1. The second kappa shape index (κ2) is 4.75. The molecular weight excluding hydrogens is 220 g/mol. The summed E-state index contributed by atoms with van der Waals surface area (Å²) in [5.74, 6) is 0. The highest BCUT2D eigenvalue weighted by Crippen LogP contribution is 2.30. The topological polar surface area (TPSA) is 94.1 Å². The van der Waals surface area contributed by atoms with E-state index in [1.807, 2.05) is 0 Å². The molecule has 0 spiro atoms. The third kappa shape index (κ3) is 2.16. The minimum atomic E-state index is -0.394. The molecule has 2 rings (SSSR count). The number of nitro groups is 1. The zero-order valence-corrected chi connectivity index (χ0v) is 9.09. The SMILES string of the molecule is NCCNc1ccc([N+](=O)[O-])c2ccncc12. The van der Waals surface area contributed by atoms with Crippen molar-refractivity contribution in [2.75, 3.05) is 18.4 Å². The Bertz CT molecular complexity index is 556. The van der Waals surface area contributed by atoms with Crippen molar-refractivity contribution in [1.29, 1.82) is 0 Å². The maximum atomic E-state index is 10.9. The molecule has 1 aromatic heterocycles. The molecule has 0 aliphatic rings. The summed E-state index contributed by atoms with van der Waals surface area (Å²) in [6, 6.07) is 4.81. The second-order valence-electron chi connectivity index (χ2n) is 3.53. The van der Waals surface area contributed by atoms with Crippen LogP contribution >= 0.6 is 0 Å². The first-order valence-electron chi connectivity index (χ1n) is 5.19. The van der Waals surface area contributed by atoms with Gasteiger partial charge in [-0.1, -0.05) is 0 Å². The van der Waals surface area contributed by atoms with Crippen molar-refractivity contribution in [3.05, 3.63) is 40.7 Å². The number of non-ortho nitro benzene ring substituents is 1. The van der Waals surface area contributed by atoms with Crippen LogP contribution in [-0.4, -0.2) is 23.0 Å². The van der Waals surface area contributed by atoms with E-state index in [0.29, 0.717) is 18.5 Å². The monoisotopic (exact) mass is 232 g/mol. The average molecular weight is 232 g/mol. The highest BCUT2D eigenvalue weighted by atomic mass is 16.6. The van der Waals surface area contributed by atoms with Crippen molar-refractivity contribution in [3.63, 3.8) is 0 Å². The second-order valence-corrected chi connectivity index (χ2v) is 3.53. The standard InChI is InChI=1S/C11H12N4O2/c12-4-6-14-10-1-2-11(15(16)17)8-3-5-13-7-9(8)10/h1-3,5,7,14H,4,6,12H2. The van der Waals surface area contributed by atoms with E-state index in [2.05, 4.69) is 10.3 Å². The number of aromatic nitrogens is 1. The average Bonchev–Trinajstić information content (AvgIpc) is 2.35. The lowest BCUT2D eigenvalue weighted by atomic mass is 10.1. The van der Waals surface area contributed by atoms with Crippen LogP contribution in [0.2, 0.25) is 0 Å². The molecule has 0 unspecified atom stereocenters. The summed E-state index contributed by atoms with van der Waals surface area (Å²) < 4.78 is 0. The molecule has 1 heterocycles. The van der Waals surface area contributed by atoms with E-state index in [-0.39, 0.29) is 5.69 Å². The Morgan fingerprint density at radius 3 is 2.88 bits per heavy atom. The van der Waals surface area contributed by atoms with E-state index in [9.17, 15) is 10.1 Å². The molecule has 0 aliphatic carbocycles. The number of benzene rings is 1. The Labute approximate surface area is 97.6 Å². The molecule has 0 saturated carbocycles. The van der Waals surface area contributed by atoms with Gasteiger partial charge in [0.05, 0.1) is 10.3 Å². The van der Waals surface area contributed by atoms with E-state index in [1.54, 1.807) is 24.5 Å². The van der Waals surface area contributed by atoms with Gasteiger partial charge < -0.3 is 11.1 Å². The first-order chi connectivity index (χ1) is 8.24. The highest BCUT2D eigenvalue weighted by Gasteiger charge is 2.13. The van der Waals surface area contributed by atoms with Gasteiger partial charge in [-0.25, -0.2) is 0 Å². The Kier molecular flexibility index (Phi) is 3.15. The largest absolute Gasteiger partial charge is 0.383 e. The number of anilines is 1. The minimum absolute atomic E-state index is 0.0840. The Morgan fingerprint density at radius 2 is 2.18 bits per heavy atom. The molecule has 6 heteroatoms. The molecule has 0 amide bonds. The summed E-state index contributed by atoms with van der Waals surface area (Å²) in [7, 11) is 0. The lowest BCUT2D eigenvalue weighted by Gasteiger charge is -2.08. The van der Waals surface area contributed by atoms with Crippen molar-refractivity contribution in [2.45, 2.75) is 0 Å². The van der Waals surface area contributed by atoms with Crippen LogP contribution in [0.15, 0.2) is 30.6 Å². The van der Waals surface area contributed by atoms with E-state index in [4.69, 9.17) is 5.73 Å². The fraction of sp³-hybridized carbons (Fsp3) is 0.182. The molecule has 6 nitrogen and oxygen atoms in total. The number of hydrogen-bond acceptors (Lipinski definition) is 5. The van der Waals surface area contributed by atoms with Crippen LogP contribution < -0.4 is 11.1 Å². The fourth-order valence-electron chi connectivity index (χ4n) is 1.69. The van der Waals surface area contributed by atoms with Gasteiger partial charge >= 0.3 is 0 Å². The third-order valence-electron chi connectivity index (χ3n) is 2.45. The number of pyridine rings is 1. The number of fused-ring (bicyclic) bond motifs is 1. The summed E-state index contributed by atoms with van der Waals surface area (Å²) in [6.45, 7) is 1.11. The van der Waals surface area contributed by atoms with Crippen molar-refractivity contribution < 1.29 is 4.92 Å². The van der Waals surface area contributed by atoms with Crippen molar-refractivity contribution >= 4 is 22.1 Å². The molecular formula is C11H12N4O2. The smallest absolute Gasteiger partial charge is 0.277 e. The number of nitro benzene ring substituents is 1. The van der Waals surface area contributed by atoms with E-state index < -0.39 is 4.92 Å². The molecule has 0 atom stereocenters. The molecule has 0 radical (unpaired) electrons. The molecule has 17 heavy (non-hydrogen) atoms. The summed E-state index contributed by atoms with van der Waals surface area (Å²) in [4.78, 5) is 14.5. The van der Waals surface area contributed by atoms with E-state index in [0.717, 1.165) is 11.1 Å². The van der Waals surface area contributed by atoms with E-state index in [1.165, 1.54) is 6.07 Å². The predicted molar refractivity (Wildman–Crippen MR) is 65.9 cm³/mol. The van der Waals surface area contributed by atoms with Gasteiger partial charge in [-0.3, -0.25) is 15.1 Å². The number of nitrogens with one attached hydrogen (secondary N) is 1. The fourth-order valence-corrected chi connectivity index (χ4v) is 1.69. The Balaban J connectivity index is 2.58. The normalized spacial score (nSPS) is 10.4. The zero-order chi connectivity index (χ0) is 12.3. The van der Waals surface area contributed by atoms with Gasteiger partial charge in [0.15, 0.2) is 0 Å². The van der Waals surface area contributed by atoms with Crippen LogP contribution in [0.25, 0.3) is 10.8 Å². The summed E-state index contributed by atoms with van der Waals surface area (Å²) in [6.07, 6.45) is 3.16. The number of rotatable bonds is 4. The molecule has 0 fully saturated rings. The number of hydrogen-bond donors (Lipinski definition) is 2. The minimum Gasteiger partial charge on any atom is -0.383 e. The van der Waals surface area contributed by atoms with Gasteiger partial charge in [-0.15, -0.1) is 0 Å².